The van der Waals surface area contributed by atoms with Gasteiger partial charge < -0.3 is 10.2 Å². The molecular weight excluding hydrogens is 337 g/mol. The molecule has 1 fully saturated rings. The summed E-state index contributed by atoms with van der Waals surface area (Å²) in [4.78, 5) is 13.7. The van der Waals surface area contributed by atoms with E-state index in [1.807, 2.05) is 0 Å². The number of likely N-dealkylation sites (N-methyl/N-ethyl adjacent to an activating group) is 1. The number of alkyl halides is 3. The molecule has 7 heteroatoms. The minimum Gasteiger partial charge on any atom is -0.337 e. The first-order valence-electron chi connectivity index (χ1n) is 6.15. The fourth-order valence-corrected chi connectivity index (χ4v) is 2.62. The van der Waals surface area contributed by atoms with Crippen LogP contribution in [0.15, 0.2) is 22.7 Å². The zero-order chi connectivity index (χ0) is 14.9. The Morgan fingerprint density at radius 2 is 2.15 bits per heavy atom. The topological polar surface area (TPSA) is 32.3 Å². The van der Waals surface area contributed by atoms with Crippen LogP contribution in [0.2, 0.25) is 0 Å². The van der Waals surface area contributed by atoms with Crippen molar-refractivity contribution >= 4 is 21.8 Å². The lowest BCUT2D eigenvalue weighted by molar-refractivity contribution is -0.138. The van der Waals surface area contributed by atoms with Crippen LogP contribution in [0.1, 0.15) is 22.3 Å². The van der Waals surface area contributed by atoms with E-state index in [0.717, 1.165) is 19.0 Å². The van der Waals surface area contributed by atoms with Crippen molar-refractivity contribution < 1.29 is 18.0 Å². The fraction of sp³-hybridized carbons (Fsp3) is 0.462. The zero-order valence-corrected chi connectivity index (χ0v) is 12.4. The SMILES string of the molecule is CN(C(=O)c1ccc(Br)cc1C(F)(F)F)C1CCNC1. The number of carbonyl (C=O) groups excluding carboxylic acids is 1. The summed E-state index contributed by atoms with van der Waals surface area (Å²) in [6.07, 6.45) is -3.80. The molecule has 1 unspecified atom stereocenters. The molecule has 1 aliphatic rings. The molecular formula is C13H14BrF3N2O. The van der Waals surface area contributed by atoms with E-state index in [0.29, 0.717) is 11.0 Å². The minimum absolute atomic E-state index is 0.0627. The van der Waals surface area contributed by atoms with Crippen molar-refractivity contribution in [1.29, 1.82) is 0 Å². The van der Waals surface area contributed by atoms with Gasteiger partial charge in [0.2, 0.25) is 0 Å². The van der Waals surface area contributed by atoms with Gasteiger partial charge in [-0.1, -0.05) is 15.9 Å². The van der Waals surface area contributed by atoms with Crippen LogP contribution in [0.4, 0.5) is 13.2 Å². The number of rotatable bonds is 2. The van der Waals surface area contributed by atoms with Gasteiger partial charge in [-0.2, -0.15) is 13.2 Å². The van der Waals surface area contributed by atoms with Gasteiger partial charge >= 0.3 is 6.18 Å². The molecule has 0 radical (unpaired) electrons. The van der Waals surface area contributed by atoms with Crippen molar-refractivity contribution in [2.24, 2.45) is 0 Å². The van der Waals surface area contributed by atoms with Crippen molar-refractivity contribution in [2.45, 2.75) is 18.6 Å². The molecule has 1 aromatic rings. The second kappa shape index (κ2) is 5.73. The molecule has 2 rings (SSSR count). The smallest absolute Gasteiger partial charge is 0.337 e. The van der Waals surface area contributed by atoms with Crippen molar-refractivity contribution in [3.05, 3.63) is 33.8 Å². The van der Waals surface area contributed by atoms with E-state index in [9.17, 15) is 18.0 Å². The van der Waals surface area contributed by atoms with Gasteiger partial charge in [-0.05, 0) is 31.2 Å². The lowest BCUT2D eigenvalue weighted by atomic mass is 10.0. The molecule has 3 nitrogen and oxygen atoms in total. The first-order chi connectivity index (χ1) is 9.30. The third-order valence-corrected chi connectivity index (χ3v) is 3.91. The van der Waals surface area contributed by atoms with Gasteiger partial charge in [0, 0.05) is 24.1 Å². The van der Waals surface area contributed by atoms with Gasteiger partial charge in [-0.25, -0.2) is 0 Å². The molecule has 0 saturated carbocycles. The lowest BCUT2D eigenvalue weighted by Gasteiger charge is -2.25. The summed E-state index contributed by atoms with van der Waals surface area (Å²) in [5, 5.41) is 3.09. The second-order valence-electron chi connectivity index (χ2n) is 4.75. The van der Waals surface area contributed by atoms with E-state index in [1.165, 1.54) is 17.0 Å². The van der Waals surface area contributed by atoms with E-state index >= 15 is 0 Å². The molecule has 20 heavy (non-hydrogen) atoms. The molecule has 1 amide bonds. The highest BCUT2D eigenvalue weighted by Gasteiger charge is 2.37. The van der Waals surface area contributed by atoms with Crippen LogP contribution >= 0.6 is 15.9 Å². The van der Waals surface area contributed by atoms with Gasteiger partial charge in [0.1, 0.15) is 0 Å². The molecule has 0 bridgehead atoms. The first-order valence-corrected chi connectivity index (χ1v) is 6.94. The highest BCUT2D eigenvalue weighted by molar-refractivity contribution is 9.10. The number of halogens is 4. The molecule has 1 atom stereocenters. The third kappa shape index (κ3) is 3.15. The standard InChI is InChI=1S/C13H14BrF3N2O/c1-19(9-4-5-18-7-9)12(20)10-3-2-8(14)6-11(10)13(15,16)17/h2-3,6,9,18H,4-5,7H2,1H3. The summed E-state index contributed by atoms with van der Waals surface area (Å²) in [7, 11) is 1.54. The summed E-state index contributed by atoms with van der Waals surface area (Å²) >= 11 is 3.01. The van der Waals surface area contributed by atoms with E-state index in [4.69, 9.17) is 0 Å². The normalized spacial score (nSPS) is 19.1. The van der Waals surface area contributed by atoms with Gasteiger partial charge in [-0.3, -0.25) is 4.79 Å². The van der Waals surface area contributed by atoms with Crippen molar-refractivity contribution in [3.63, 3.8) is 0 Å². The van der Waals surface area contributed by atoms with Crippen molar-refractivity contribution in [1.82, 2.24) is 10.2 Å². The van der Waals surface area contributed by atoms with Crippen LogP contribution < -0.4 is 5.32 Å². The van der Waals surface area contributed by atoms with Crippen LogP contribution in [0, 0.1) is 0 Å². The summed E-state index contributed by atoms with van der Waals surface area (Å²) < 4.78 is 39.4. The van der Waals surface area contributed by atoms with Crippen LogP contribution in [-0.2, 0) is 6.18 Å². The van der Waals surface area contributed by atoms with Crippen molar-refractivity contribution in [3.8, 4) is 0 Å². The second-order valence-corrected chi connectivity index (χ2v) is 5.67. The molecule has 1 N–H and O–H groups in total. The summed E-state index contributed by atoms with van der Waals surface area (Å²) in [6.45, 7) is 1.38. The molecule has 1 aromatic carbocycles. The average molecular weight is 351 g/mol. The average Bonchev–Trinajstić information content (AvgIpc) is 2.89. The highest BCUT2D eigenvalue weighted by Crippen LogP contribution is 2.34. The number of nitrogens with zero attached hydrogens (tertiary/aromatic N) is 1. The molecule has 1 aliphatic heterocycles. The molecule has 1 saturated heterocycles. The molecule has 0 aromatic heterocycles. The molecule has 0 spiro atoms. The van der Waals surface area contributed by atoms with Gasteiger partial charge in [0.05, 0.1) is 11.1 Å². The van der Waals surface area contributed by atoms with E-state index in [1.54, 1.807) is 7.05 Å². The van der Waals surface area contributed by atoms with Crippen LogP contribution in [0.25, 0.3) is 0 Å². The number of nitrogens with one attached hydrogen (secondary N) is 1. The van der Waals surface area contributed by atoms with Crippen molar-refractivity contribution in [2.75, 3.05) is 20.1 Å². The largest absolute Gasteiger partial charge is 0.417 e. The maximum Gasteiger partial charge on any atom is 0.417 e. The number of hydrogen-bond donors (Lipinski definition) is 1. The van der Waals surface area contributed by atoms with Gasteiger partial charge in [0.25, 0.3) is 5.91 Å². The monoisotopic (exact) mass is 350 g/mol. The Hall–Kier alpha value is -1.08. The van der Waals surface area contributed by atoms with Crippen LogP contribution in [0.5, 0.6) is 0 Å². The number of amides is 1. The highest BCUT2D eigenvalue weighted by atomic mass is 79.9. The van der Waals surface area contributed by atoms with E-state index in [-0.39, 0.29) is 11.6 Å². The molecule has 1 heterocycles. The van der Waals surface area contributed by atoms with E-state index < -0.39 is 17.6 Å². The number of hydrogen-bond acceptors (Lipinski definition) is 2. The predicted molar refractivity (Wildman–Crippen MR) is 72.5 cm³/mol. The first kappa shape index (κ1) is 15.3. The Morgan fingerprint density at radius 1 is 1.45 bits per heavy atom. The summed E-state index contributed by atoms with van der Waals surface area (Å²) in [5.41, 5.74) is -1.22. The maximum absolute atomic E-state index is 13.0. The summed E-state index contributed by atoms with van der Waals surface area (Å²) in [6, 6.07) is 3.54. The Morgan fingerprint density at radius 3 is 2.70 bits per heavy atom. The summed E-state index contributed by atoms with van der Waals surface area (Å²) in [5.74, 6) is -0.599. The van der Waals surface area contributed by atoms with Crippen LogP contribution in [0.3, 0.4) is 0 Å². The van der Waals surface area contributed by atoms with Gasteiger partial charge in [0.15, 0.2) is 0 Å². The van der Waals surface area contributed by atoms with Crippen LogP contribution in [-0.4, -0.2) is 37.0 Å². The maximum atomic E-state index is 13.0. The Balaban J connectivity index is 2.34. The Labute approximate surface area is 123 Å². The Bertz CT molecular complexity index is 513. The van der Waals surface area contributed by atoms with Gasteiger partial charge in [-0.15, -0.1) is 0 Å². The third-order valence-electron chi connectivity index (χ3n) is 3.42. The fourth-order valence-electron chi connectivity index (χ4n) is 2.26. The number of benzene rings is 1. The molecule has 0 aliphatic carbocycles. The minimum atomic E-state index is -4.55. The lowest BCUT2D eigenvalue weighted by Crippen LogP contribution is -2.39. The predicted octanol–water partition coefficient (Wildman–Crippen LogP) is 2.90. The Kier molecular flexibility index (Phi) is 4.39. The molecule has 110 valence electrons. The number of carbonyl (C=O) groups is 1. The zero-order valence-electron chi connectivity index (χ0n) is 10.8. The van der Waals surface area contributed by atoms with E-state index in [2.05, 4.69) is 21.2 Å². The quantitative estimate of drug-likeness (QED) is 0.889.